The summed E-state index contributed by atoms with van der Waals surface area (Å²) in [5.41, 5.74) is 0. The van der Waals surface area contributed by atoms with Crippen LogP contribution in [-0.4, -0.2) is 62.6 Å². The Labute approximate surface area is 99.0 Å². The van der Waals surface area contributed by atoms with Gasteiger partial charge >= 0.3 is 0 Å². The standard InChI is InChI=1S/C12H26N2O2/c1-11-3-6-14(7-4-11)10-12(15)9-13-5-8-16-2/h11-13,15H,3-10H2,1-2H3. The molecule has 1 saturated heterocycles. The summed E-state index contributed by atoms with van der Waals surface area (Å²) < 4.78 is 4.93. The number of methoxy groups -OCH3 is 1. The third kappa shape index (κ3) is 5.80. The summed E-state index contributed by atoms with van der Waals surface area (Å²) in [7, 11) is 1.69. The van der Waals surface area contributed by atoms with Gasteiger partial charge in [-0.15, -0.1) is 0 Å². The number of piperidine rings is 1. The van der Waals surface area contributed by atoms with Crippen molar-refractivity contribution in [3.05, 3.63) is 0 Å². The average Bonchev–Trinajstić information content (AvgIpc) is 2.28. The third-order valence-corrected chi connectivity index (χ3v) is 3.21. The normalized spacial score (nSPS) is 21.2. The van der Waals surface area contributed by atoms with Crippen LogP contribution >= 0.6 is 0 Å². The van der Waals surface area contributed by atoms with Gasteiger partial charge in [0.15, 0.2) is 0 Å². The second-order valence-electron chi connectivity index (χ2n) is 4.83. The van der Waals surface area contributed by atoms with Crippen LogP contribution in [0.4, 0.5) is 0 Å². The largest absolute Gasteiger partial charge is 0.390 e. The Kier molecular flexibility index (Phi) is 6.96. The fourth-order valence-corrected chi connectivity index (χ4v) is 2.05. The maximum absolute atomic E-state index is 9.82. The fraction of sp³-hybridized carbons (Fsp3) is 1.00. The van der Waals surface area contributed by atoms with Gasteiger partial charge in [0.05, 0.1) is 12.7 Å². The monoisotopic (exact) mass is 230 g/mol. The Hall–Kier alpha value is -0.160. The molecule has 4 nitrogen and oxygen atoms in total. The SMILES string of the molecule is COCCNCC(O)CN1CCC(C)CC1. The number of nitrogens with zero attached hydrogens (tertiary/aromatic N) is 1. The first-order chi connectivity index (χ1) is 7.72. The van der Waals surface area contributed by atoms with E-state index in [1.807, 2.05) is 0 Å². The molecule has 1 heterocycles. The number of aliphatic hydroxyl groups is 1. The van der Waals surface area contributed by atoms with Gasteiger partial charge in [0.25, 0.3) is 0 Å². The number of aliphatic hydroxyl groups excluding tert-OH is 1. The number of β-amino-alcohol motifs (C(OH)–C–C–N with tert-alkyl or cyclic N) is 1. The number of hydrogen-bond acceptors (Lipinski definition) is 4. The predicted octanol–water partition coefficient (Wildman–Crippen LogP) is 0.315. The van der Waals surface area contributed by atoms with Crippen LogP contribution < -0.4 is 5.32 Å². The van der Waals surface area contributed by atoms with Crippen molar-refractivity contribution in [2.75, 3.05) is 46.4 Å². The van der Waals surface area contributed by atoms with Crippen LogP contribution in [0.15, 0.2) is 0 Å². The molecule has 1 fully saturated rings. The minimum atomic E-state index is -0.259. The average molecular weight is 230 g/mol. The molecule has 1 atom stereocenters. The van der Waals surface area contributed by atoms with Gasteiger partial charge in [-0.2, -0.15) is 0 Å². The number of rotatable bonds is 7. The van der Waals surface area contributed by atoms with E-state index < -0.39 is 0 Å². The van der Waals surface area contributed by atoms with Gasteiger partial charge in [0.2, 0.25) is 0 Å². The molecule has 1 aliphatic heterocycles. The summed E-state index contributed by atoms with van der Waals surface area (Å²) in [6.07, 6.45) is 2.28. The molecule has 0 spiro atoms. The van der Waals surface area contributed by atoms with Gasteiger partial charge in [0.1, 0.15) is 0 Å². The van der Waals surface area contributed by atoms with E-state index in [2.05, 4.69) is 17.1 Å². The van der Waals surface area contributed by atoms with E-state index in [1.54, 1.807) is 7.11 Å². The molecular formula is C12H26N2O2. The summed E-state index contributed by atoms with van der Waals surface area (Å²) in [4.78, 5) is 2.36. The molecule has 1 aliphatic rings. The van der Waals surface area contributed by atoms with E-state index >= 15 is 0 Å². The topological polar surface area (TPSA) is 44.7 Å². The molecule has 1 unspecified atom stereocenters. The highest BCUT2D eigenvalue weighted by Gasteiger charge is 2.17. The highest BCUT2D eigenvalue weighted by Crippen LogP contribution is 2.15. The highest BCUT2D eigenvalue weighted by atomic mass is 16.5. The minimum Gasteiger partial charge on any atom is -0.390 e. The van der Waals surface area contributed by atoms with E-state index in [4.69, 9.17) is 4.74 Å². The Morgan fingerprint density at radius 2 is 2.12 bits per heavy atom. The van der Waals surface area contributed by atoms with Gasteiger partial charge in [-0.05, 0) is 31.8 Å². The highest BCUT2D eigenvalue weighted by molar-refractivity contribution is 4.73. The summed E-state index contributed by atoms with van der Waals surface area (Å²) in [6.45, 7) is 7.55. The molecule has 0 bridgehead atoms. The molecular weight excluding hydrogens is 204 g/mol. The molecule has 0 radical (unpaired) electrons. The molecule has 2 N–H and O–H groups in total. The molecule has 16 heavy (non-hydrogen) atoms. The van der Waals surface area contributed by atoms with Gasteiger partial charge < -0.3 is 20.1 Å². The first-order valence-electron chi connectivity index (χ1n) is 6.32. The molecule has 4 heteroatoms. The zero-order chi connectivity index (χ0) is 11.8. The van der Waals surface area contributed by atoms with E-state index in [9.17, 15) is 5.11 Å². The van der Waals surface area contributed by atoms with Gasteiger partial charge in [-0.3, -0.25) is 0 Å². The zero-order valence-corrected chi connectivity index (χ0v) is 10.6. The number of likely N-dealkylation sites (tertiary alicyclic amines) is 1. The number of nitrogens with one attached hydrogen (secondary N) is 1. The van der Waals surface area contributed by atoms with Gasteiger partial charge in [-0.25, -0.2) is 0 Å². The number of hydrogen-bond donors (Lipinski definition) is 2. The van der Waals surface area contributed by atoms with Crippen molar-refractivity contribution < 1.29 is 9.84 Å². The van der Waals surface area contributed by atoms with Crippen molar-refractivity contribution in [2.24, 2.45) is 5.92 Å². The van der Waals surface area contributed by atoms with Crippen LogP contribution in [0, 0.1) is 5.92 Å². The Morgan fingerprint density at radius 3 is 2.75 bits per heavy atom. The maximum Gasteiger partial charge on any atom is 0.0791 e. The molecule has 96 valence electrons. The lowest BCUT2D eigenvalue weighted by Crippen LogP contribution is -2.42. The lowest BCUT2D eigenvalue weighted by molar-refractivity contribution is 0.0891. The molecule has 1 rings (SSSR count). The molecule has 0 aromatic carbocycles. The third-order valence-electron chi connectivity index (χ3n) is 3.21. The minimum absolute atomic E-state index is 0.259. The summed E-state index contributed by atoms with van der Waals surface area (Å²) in [5.74, 6) is 0.855. The van der Waals surface area contributed by atoms with Crippen molar-refractivity contribution in [3.63, 3.8) is 0 Å². The second-order valence-corrected chi connectivity index (χ2v) is 4.83. The Balaban J connectivity index is 2.02. The van der Waals surface area contributed by atoms with Crippen LogP contribution in [-0.2, 0) is 4.74 Å². The van der Waals surface area contributed by atoms with Crippen molar-refractivity contribution in [1.29, 1.82) is 0 Å². The molecule has 0 aromatic rings. The lowest BCUT2D eigenvalue weighted by Gasteiger charge is -2.31. The first-order valence-corrected chi connectivity index (χ1v) is 6.32. The second kappa shape index (κ2) is 8.01. The van der Waals surface area contributed by atoms with Gasteiger partial charge in [-0.1, -0.05) is 6.92 Å². The van der Waals surface area contributed by atoms with Crippen LogP contribution in [0.5, 0.6) is 0 Å². The van der Waals surface area contributed by atoms with Crippen molar-refractivity contribution in [2.45, 2.75) is 25.9 Å². The van der Waals surface area contributed by atoms with Crippen molar-refractivity contribution in [1.82, 2.24) is 10.2 Å². The Morgan fingerprint density at radius 1 is 1.44 bits per heavy atom. The van der Waals surface area contributed by atoms with Crippen LogP contribution in [0.25, 0.3) is 0 Å². The van der Waals surface area contributed by atoms with Crippen molar-refractivity contribution in [3.8, 4) is 0 Å². The summed E-state index contributed by atoms with van der Waals surface area (Å²) in [5, 5.41) is 13.0. The maximum atomic E-state index is 9.82. The molecule has 0 saturated carbocycles. The summed E-state index contributed by atoms with van der Waals surface area (Å²) in [6, 6.07) is 0. The predicted molar refractivity (Wildman–Crippen MR) is 65.6 cm³/mol. The lowest BCUT2D eigenvalue weighted by atomic mass is 9.99. The zero-order valence-electron chi connectivity index (χ0n) is 10.6. The summed E-state index contributed by atoms with van der Waals surface area (Å²) >= 11 is 0. The van der Waals surface area contributed by atoms with Crippen molar-refractivity contribution >= 4 is 0 Å². The number of ether oxygens (including phenoxy) is 1. The molecule has 0 amide bonds. The van der Waals surface area contributed by atoms with Gasteiger partial charge in [0, 0.05) is 26.7 Å². The van der Waals surface area contributed by atoms with Crippen LogP contribution in [0.3, 0.4) is 0 Å². The fourth-order valence-electron chi connectivity index (χ4n) is 2.05. The first kappa shape index (κ1) is 13.9. The van der Waals surface area contributed by atoms with E-state index in [0.29, 0.717) is 13.2 Å². The van der Waals surface area contributed by atoms with E-state index in [-0.39, 0.29) is 6.10 Å². The quantitative estimate of drug-likeness (QED) is 0.618. The van der Waals surface area contributed by atoms with E-state index in [0.717, 1.165) is 32.1 Å². The van der Waals surface area contributed by atoms with E-state index in [1.165, 1.54) is 12.8 Å². The smallest absolute Gasteiger partial charge is 0.0791 e. The van der Waals surface area contributed by atoms with Crippen LogP contribution in [0.2, 0.25) is 0 Å². The Bertz CT molecular complexity index is 170. The van der Waals surface area contributed by atoms with Crippen LogP contribution in [0.1, 0.15) is 19.8 Å². The molecule has 0 aromatic heterocycles. The molecule has 0 aliphatic carbocycles.